The van der Waals surface area contributed by atoms with Crippen LogP contribution in [0.1, 0.15) is 22.3 Å². The summed E-state index contributed by atoms with van der Waals surface area (Å²) in [5, 5.41) is 2.71. The largest absolute Gasteiger partial charge is 0.383 e. The third-order valence-electron chi connectivity index (χ3n) is 3.11. The molecule has 5 nitrogen and oxygen atoms in total. The molecule has 1 amide bonds. The van der Waals surface area contributed by atoms with Crippen LogP contribution < -0.4 is 5.32 Å². The summed E-state index contributed by atoms with van der Waals surface area (Å²) in [6, 6.07) is 4.77. The van der Waals surface area contributed by atoms with Crippen molar-refractivity contribution in [3.05, 3.63) is 29.3 Å². The van der Waals surface area contributed by atoms with Gasteiger partial charge in [0.1, 0.15) is 0 Å². The fourth-order valence-corrected chi connectivity index (χ4v) is 3.73. The Kier molecular flexibility index (Phi) is 4.21. The second kappa shape index (κ2) is 5.71. The van der Waals surface area contributed by atoms with E-state index in [1.54, 1.807) is 19.2 Å². The second-order valence-electron chi connectivity index (χ2n) is 4.49. The smallest absolute Gasteiger partial charge is 0.251 e. The monoisotopic (exact) mass is 283 g/mol. The van der Waals surface area contributed by atoms with Crippen molar-refractivity contribution < 1.29 is 17.9 Å². The third kappa shape index (κ3) is 3.13. The van der Waals surface area contributed by atoms with Gasteiger partial charge in [0.2, 0.25) is 0 Å². The van der Waals surface area contributed by atoms with Crippen LogP contribution in [0, 0.1) is 0 Å². The summed E-state index contributed by atoms with van der Waals surface area (Å²) >= 11 is 0. The second-order valence-corrected chi connectivity index (χ2v) is 6.57. The van der Waals surface area contributed by atoms with Crippen molar-refractivity contribution in [2.24, 2.45) is 0 Å². The number of hydrogen-bond acceptors (Lipinski definition) is 4. The quantitative estimate of drug-likeness (QED) is 0.829. The average Bonchev–Trinajstić information content (AvgIpc) is 2.38. The van der Waals surface area contributed by atoms with Gasteiger partial charge in [0.25, 0.3) is 5.91 Å². The van der Waals surface area contributed by atoms with Gasteiger partial charge in [0, 0.05) is 19.2 Å². The van der Waals surface area contributed by atoms with Crippen LogP contribution in [0.2, 0.25) is 0 Å². The van der Waals surface area contributed by atoms with Crippen LogP contribution in [0.25, 0.3) is 0 Å². The minimum absolute atomic E-state index is 0.194. The molecule has 0 aromatic heterocycles. The lowest BCUT2D eigenvalue weighted by molar-refractivity contribution is 0.0937. The molecular formula is C13H17NO4S. The van der Waals surface area contributed by atoms with Crippen molar-refractivity contribution in [3.8, 4) is 0 Å². The van der Waals surface area contributed by atoms with Crippen LogP contribution in [0.4, 0.5) is 0 Å². The van der Waals surface area contributed by atoms with Gasteiger partial charge in [-0.3, -0.25) is 4.79 Å². The molecular weight excluding hydrogens is 266 g/mol. The van der Waals surface area contributed by atoms with Crippen molar-refractivity contribution in [1.82, 2.24) is 5.32 Å². The minimum Gasteiger partial charge on any atom is -0.383 e. The molecule has 1 aliphatic rings. The van der Waals surface area contributed by atoms with E-state index in [2.05, 4.69) is 5.32 Å². The number of rotatable bonds is 4. The molecule has 0 saturated carbocycles. The number of benzene rings is 1. The minimum atomic E-state index is -3.16. The first kappa shape index (κ1) is 14.0. The van der Waals surface area contributed by atoms with Gasteiger partial charge in [-0.15, -0.1) is 0 Å². The maximum absolute atomic E-state index is 11.9. The Balaban J connectivity index is 2.19. The summed E-state index contributed by atoms with van der Waals surface area (Å²) in [4.78, 5) is 12.2. The molecule has 0 spiro atoms. The number of aryl methyl sites for hydroxylation is 1. The van der Waals surface area contributed by atoms with Crippen LogP contribution in [-0.2, 0) is 21.0 Å². The molecule has 0 bridgehead atoms. The summed E-state index contributed by atoms with van der Waals surface area (Å²) in [5.41, 5.74) is 1.23. The number of hydrogen-bond donors (Lipinski definition) is 1. The highest BCUT2D eigenvalue weighted by Gasteiger charge is 2.24. The Morgan fingerprint density at radius 1 is 1.42 bits per heavy atom. The maximum Gasteiger partial charge on any atom is 0.251 e. The van der Waals surface area contributed by atoms with Gasteiger partial charge < -0.3 is 10.1 Å². The standard InChI is InChI=1S/C13H17NO4S/c1-18-7-6-14-13(15)11-4-5-12-10(9-11)3-2-8-19(12,16)17/h4-5,9H,2-3,6-8H2,1H3,(H,14,15). The zero-order valence-electron chi connectivity index (χ0n) is 10.8. The van der Waals surface area contributed by atoms with Crippen molar-refractivity contribution in [1.29, 1.82) is 0 Å². The third-order valence-corrected chi connectivity index (χ3v) is 5.00. The van der Waals surface area contributed by atoms with Gasteiger partial charge >= 0.3 is 0 Å². The van der Waals surface area contributed by atoms with Crippen LogP contribution in [0.15, 0.2) is 23.1 Å². The van der Waals surface area contributed by atoms with Gasteiger partial charge in [-0.2, -0.15) is 0 Å². The Morgan fingerprint density at radius 2 is 2.21 bits per heavy atom. The first-order chi connectivity index (χ1) is 9.04. The molecule has 0 aliphatic carbocycles. The normalized spacial score (nSPS) is 16.7. The number of fused-ring (bicyclic) bond motifs is 1. The Bertz CT molecular complexity index is 580. The van der Waals surface area contributed by atoms with E-state index >= 15 is 0 Å². The van der Waals surface area contributed by atoms with E-state index in [1.165, 1.54) is 6.07 Å². The van der Waals surface area contributed by atoms with Crippen LogP contribution in [0.3, 0.4) is 0 Å². The number of sulfone groups is 1. The Hall–Kier alpha value is -1.40. The molecule has 2 rings (SSSR count). The van der Waals surface area contributed by atoms with E-state index < -0.39 is 9.84 Å². The van der Waals surface area contributed by atoms with Crippen LogP contribution >= 0.6 is 0 Å². The zero-order valence-corrected chi connectivity index (χ0v) is 11.6. The molecule has 0 saturated heterocycles. The molecule has 0 unspecified atom stereocenters. The average molecular weight is 283 g/mol. The predicted octanol–water partition coefficient (Wildman–Crippen LogP) is 0.783. The van der Waals surface area contributed by atoms with Crippen molar-refractivity contribution in [2.75, 3.05) is 26.0 Å². The fourth-order valence-electron chi connectivity index (χ4n) is 2.15. The molecule has 1 aliphatic heterocycles. The molecule has 104 valence electrons. The SMILES string of the molecule is COCCNC(=O)c1ccc2c(c1)CCCS2(=O)=O. The molecule has 0 radical (unpaired) electrons. The molecule has 1 aromatic rings. The lowest BCUT2D eigenvalue weighted by Crippen LogP contribution is -2.27. The molecule has 1 N–H and O–H groups in total. The molecule has 19 heavy (non-hydrogen) atoms. The number of methoxy groups -OCH3 is 1. The molecule has 1 heterocycles. The number of carbonyl (C=O) groups excluding carboxylic acids is 1. The van der Waals surface area contributed by atoms with E-state index in [1.807, 2.05) is 0 Å². The maximum atomic E-state index is 11.9. The number of nitrogens with one attached hydrogen (secondary N) is 1. The van der Waals surface area contributed by atoms with Crippen LogP contribution in [-0.4, -0.2) is 40.3 Å². The number of carbonyl (C=O) groups is 1. The van der Waals surface area contributed by atoms with Gasteiger partial charge in [-0.05, 0) is 36.6 Å². The fraction of sp³-hybridized carbons (Fsp3) is 0.462. The predicted molar refractivity (Wildman–Crippen MR) is 71.0 cm³/mol. The number of amides is 1. The van der Waals surface area contributed by atoms with E-state index in [4.69, 9.17) is 4.74 Å². The van der Waals surface area contributed by atoms with Crippen molar-refractivity contribution in [2.45, 2.75) is 17.7 Å². The van der Waals surface area contributed by atoms with Crippen molar-refractivity contribution >= 4 is 15.7 Å². The highest BCUT2D eigenvalue weighted by molar-refractivity contribution is 7.91. The summed E-state index contributed by atoms with van der Waals surface area (Å²) in [6.45, 7) is 0.885. The first-order valence-electron chi connectivity index (χ1n) is 6.17. The number of ether oxygens (including phenoxy) is 1. The highest BCUT2D eigenvalue weighted by atomic mass is 32.2. The topological polar surface area (TPSA) is 72.5 Å². The molecule has 0 fully saturated rings. The van der Waals surface area contributed by atoms with E-state index in [9.17, 15) is 13.2 Å². The van der Waals surface area contributed by atoms with E-state index in [-0.39, 0.29) is 11.7 Å². The van der Waals surface area contributed by atoms with Gasteiger partial charge in [0.05, 0.1) is 17.3 Å². The summed E-state index contributed by atoms with van der Waals surface area (Å²) in [5.74, 6) is -0.0119. The van der Waals surface area contributed by atoms with E-state index in [0.717, 1.165) is 5.56 Å². The summed E-state index contributed by atoms with van der Waals surface area (Å²) in [7, 11) is -1.59. The van der Waals surface area contributed by atoms with Gasteiger partial charge in [-0.1, -0.05) is 0 Å². The van der Waals surface area contributed by atoms with E-state index in [0.29, 0.717) is 36.5 Å². The summed E-state index contributed by atoms with van der Waals surface area (Å²) < 4.78 is 28.5. The molecule has 1 aromatic carbocycles. The molecule has 0 atom stereocenters. The van der Waals surface area contributed by atoms with Gasteiger partial charge in [0.15, 0.2) is 9.84 Å². The highest BCUT2D eigenvalue weighted by Crippen LogP contribution is 2.25. The van der Waals surface area contributed by atoms with Crippen LogP contribution in [0.5, 0.6) is 0 Å². The van der Waals surface area contributed by atoms with Gasteiger partial charge in [-0.25, -0.2) is 8.42 Å². The lowest BCUT2D eigenvalue weighted by atomic mass is 10.1. The lowest BCUT2D eigenvalue weighted by Gasteiger charge is -2.17. The Labute approximate surface area is 112 Å². The van der Waals surface area contributed by atoms with Crippen molar-refractivity contribution in [3.63, 3.8) is 0 Å². The Morgan fingerprint density at radius 3 is 2.95 bits per heavy atom. The summed E-state index contributed by atoms with van der Waals surface area (Å²) in [6.07, 6.45) is 1.32. The zero-order chi connectivity index (χ0) is 13.9. The first-order valence-corrected chi connectivity index (χ1v) is 7.82. The molecule has 6 heteroatoms.